The molecular weight excluding hydrogens is 421 g/mol. The molecule has 23 heavy (non-hydrogen) atoms. The number of aromatic nitrogens is 2. The second-order valence-corrected chi connectivity index (χ2v) is 5.82. The van der Waals surface area contributed by atoms with E-state index in [4.69, 9.17) is 0 Å². The summed E-state index contributed by atoms with van der Waals surface area (Å²) >= 11 is 1.77. The molecule has 0 bridgehead atoms. The molecule has 0 aliphatic rings. The molecule has 1 heterocycles. The molecule has 2 aromatic rings. The molecule has 0 saturated carbocycles. The van der Waals surface area contributed by atoms with Gasteiger partial charge in [0.1, 0.15) is 0 Å². The first kappa shape index (κ1) is 19.8. The van der Waals surface area contributed by atoms with Gasteiger partial charge < -0.3 is 15.2 Å². The Morgan fingerprint density at radius 3 is 2.83 bits per heavy atom. The zero-order valence-corrected chi connectivity index (χ0v) is 16.9. The van der Waals surface area contributed by atoms with Gasteiger partial charge in [0.2, 0.25) is 0 Å². The van der Waals surface area contributed by atoms with Crippen molar-refractivity contribution < 1.29 is 0 Å². The zero-order chi connectivity index (χ0) is 15.8. The normalized spacial score (nSPS) is 11.0. The molecule has 2 N–H and O–H groups in total. The highest BCUT2D eigenvalue weighted by molar-refractivity contribution is 14.0. The quantitative estimate of drug-likeness (QED) is 0.311. The lowest BCUT2D eigenvalue weighted by molar-refractivity contribution is 0.661. The van der Waals surface area contributed by atoms with E-state index in [1.807, 2.05) is 17.1 Å². The summed E-state index contributed by atoms with van der Waals surface area (Å²) in [7, 11) is 1.79. The van der Waals surface area contributed by atoms with Crippen molar-refractivity contribution in [2.45, 2.75) is 24.9 Å². The standard InChI is InChI=1S/C16H23N5S.HI/c1-13-4-5-14(15(10-13)22-3)11-20-16(17-2)19-7-9-21-8-6-18-12-21;/h4-6,8,10,12H,7,9,11H2,1-3H3,(H2,17,19,20);1H. The number of aryl methyl sites for hydroxylation is 1. The molecule has 1 aromatic carbocycles. The molecule has 0 amide bonds. The highest BCUT2D eigenvalue weighted by Gasteiger charge is 2.03. The van der Waals surface area contributed by atoms with Crippen LogP contribution >= 0.6 is 35.7 Å². The van der Waals surface area contributed by atoms with Crippen LogP contribution in [0.3, 0.4) is 0 Å². The second kappa shape index (κ2) is 10.5. The van der Waals surface area contributed by atoms with E-state index in [2.05, 4.69) is 52.0 Å². The van der Waals surface area contributed by atoms with Gasteiger partial charge in [-0.1, -0.05) is 12.1 Å². The Balaban J connectivity index is 0.00000264. The van der Waals surface area contributed by atoms with Crippen molar-refractivity contribution in [1.29, 1.82) is 0 Å². The van der Waals surface area contributed by atoms with E-state index in [0.29, 0.717) is 0 Å². The van der Waals surface area contributed by atoms with E-state index in [9.17, 15) is 0 Å². The molecule has 0 radical (unpaired) electrons. The fraction of sp³-hybridized carbons (Fsp3) is 0.375. The van der Waals surface area contributed by atoms with Crippen molar-refractivity contribution in [2.24, 2.45) is 4.99 Å². The topological polar surface area (TPSA) is 54.2 Å². The van der Waals surface area contributed by atoms with Gasteiger partial charge >= 0.3 is 0 Å². The molecule has 0 atom stereocenters. The first-order valence-corrected chi connectivity index (χ1v) is 8.49. The van der Waals surface area contributed by atoms with Crippen molar-refractivity contribution in [3.8, 4) is 0 Å². The van der Waals surface area contributed by atoms with Gasteiger partial charge in [0.05, 0.1) is 6.33 Å². The van der Waals surface area contributed by atoms with Gasteiger partial charge in [0.15, 0.2) is 5.96 Å². The van der Waals surface area contributed by atoms with Gasteiger partial charge in [-0.05, 0) is 30.4 Å². The Bertz CT molecular complexity index is 613. The van der Waals surface area contributed by atoms with Gasteiger partial charge in [-0.3, -0.25) is 4.99 Å². The summed E-state index contributed by atoms with van der Waals surface area (Å²) in [6.07, 6.45) is 7.66. The number of hydrogen-bond acceptors (Lipinski definition) is 3. The summed E-state index contributed by atoms with van der Waals surface area (Å²) in [6, 6.07) is 6.54. The van der Waals surface area contributed by atoms with Gasteiger partial charge in [-0.15, -0.1) is 35.7 Å². The highest BCUT2D eigenvalue weighted by atomic mass is 127. The smallest absolute Gasteiger partial charge is 0.191 e. The molecule has 5 nitrogen and oxygen atoms in total. The molecule has 0 saturated heterocycles. The summed E-state index contributed by atoms with van der Waals surface area (Å²) < 4.78 is 2.03. The predicted octanol–water partition coefficient (Wildman–Crippen LogP) is 2.90. The number of nitrogens with zero attached hydrogens (tertiary/aromatic N) is 3. The summed E-state index contributed by atoms with van der Waals surface area (Å²) in [5, 5.41) is 6.67. The number of aliphatic imine (C=N–C) groups is 1. The van der Waals surface area contributed by atoms with Gasteiger partial charge in [-0.2, -0.15) is 0 Å². The van der Waals surface area contributed by atoms with Crippen molar-refractivity contribution in [3.63, 3.8) is 0 Å². The van der Waals surface area contributed by atoms with Crippen LogP contribution in [0, 0.1) is 6.92 Å². The molecule has 0 unspecified atom stereocenters. The first-order valence-electron chi connectivity index (χ1n) is 7.26. The predicted molar refractivity (Wildman–Crippen MR) is 109 cm³/mol. The number of guanidine groups is 1. The van der Waals surface area contributed by atoms with E-state index in [1.165, 1.54) is 16.0 Å². The number of thioether (sulfide) groups is 1. The molecule has 1 aromatic heterocycles. The van der Waals surface area contributed by atoms with E-state index in [-0.39, 0.29) is 24.0 Å². The number of hydrogen-bond donors (Lipinski definition) is 2. The van der Waals surface area contributed by atoms with Crippen molar-refractivity contribution in [3.05, 3.63) is 48.0 Å². The molecule has 2 rings (SSSR count). The summed E-state index contributed by atoms with van der Waals surface area (Å²) in [5.74, 6) is 0.813. The monoisotopic (exact) mass is 445 g/mol. The van der Waals surface area contributed by atoms with Crippen LogP contribution in [0.5, 0.6) is 0 Å². The Kier molecular flexibility index (Phi) is 9.08. The average Bonchev–Trinajstić information content (AvgIpc) is 3.04. The average molecular weight is 445 g/mol. The third kappa shape index (κ3) is 6.42. The van der Waals surface area contributed by atoms with E-state index in [0.717, 1.165) is 25.6 Å². The largest absolute Gasteiger partial charge is 0.355 e. The fourth-order valence-electron chi connectivity index (χ4n) is 2.12. The lowest BCUT2D eigenvalue weighted by Crippen LogP contribution is -2.38. The minimum atomic E-state index is 0. The Hall–Kier alpha value is -1.22. The highest BCUT2D eigenvalue weighted by Crippen LogP contribution is 2.21. The Morgan fingerprint density at radius 2 is 2.17 bits per heavy atom. The Labute approximate surface area is 159 Å². The van der Waals surface area contributed by atoms with Gasteiger partial charge in [-0.25, -0.2) is 4.98 Å². The van der Waals surface area contributed by atoms with Crippen LogP contribution in [0.25, 0.3) is 0 Å². The van der Waals surface area contributed by atoms with Crippen molar-refractivity contribution in [1.82, 2.24) is 20.2 Å². The molecular formula is C16H24IN5S. The Morgan fingerprint density at radius 1 is 1.35 bits per heavy atom. The molecule has 0 aliphatic heterocycles. The third-order valence-electron chi connectivity index (χ3n) is 3.33. The van der Waals surface area contributed by atoms with Crippen LogP contribution in [0.1, 0.15) is 11.1 Å². The summed E-state index contributed by atoms with van der Waals surface area (Å²) in [4.78, 5) is 9.59. The fourth-order valence-corrected chi connectivity index (χ4v) is 2.83. The zero-order valence-electron chi connectivity index (χ0n) is 13.7. The number of nitrogens with one attached hydrogen (secondary N) is 2. The van der Waals surface area contributed by atoms with Crippen LogP contribution in [0.2, 0.25) is 0 Å². The number of rotatable bonds is 6. The maximum Gasteiger partial charge on any atom is 0.191 e. The van der Waals surface area contributed by atoms with Crippen molar-refractivity contribution in [2.75, 3.05) is 19.8 Å². The van der Waals surface area contributed by atoms with E-state index >= 15 is 0 Å². The molecule has 7 heteroatoms. The molecule has 126 valence electrons. The summed E-state index contributed by atoms with van der Waals surface area (Å²) in [5.41, 5.74) is 2.58. The van der Waals surface area contributed by atoms with Crippen LogP contribution in [-0.2, 0) is 13.1 Å². The lowest BCUT2D eigenvalue weighted by Gasteiger charge is -2.14. The number of halogens is 1. The van der Waals surface area contributed by atoms with Crippen molar-refractivity contribution >= 4 is 41.7 Å². The van der Waals surface area contributed by atoms with Crippen LogP contribution in [0.4, 0.5) is 0 Å². The lowest BCUT2D eigenvalue weighted by atomic mass is 10.1. The van der Waals surface area contributed by atoms with Gasteiger partial charge in [0, 0.05) is 44.0 Å². The molecule has 0 spiro atoms. The van der Waals surface area contributed by atoms with Crippen LogP contribution in [0.15, 0.2) is 46.8 Å². The maximum absolute atomic E-state index is 4.26. The van der Waals surface area contributed by atoms with E-state index < -0.39 is 0 Å². The minimum Gasteiger partial charge on any atom is -0.355 e. The number of imidazole rings is 1. The number of benzene rings is 1. The summed E-state index contributed by atoms with van der Waals surface area (Å²) in [6.45, 7) is 4.55. The van der Waals surface area contributed by atoms with Gasteiger partial charge in [0.25, 0.3) is 0 Å². The minimum absolute atomic E-state index is 0. The van der Waals surface area contributed by atoms with Crippen LogP contribution < -0.4 is 10.6 Å². The first-order chi connectivity index (χ1) is 10.7. The molecule has 0 aliphatic carbocycles. The molecule has 0 fully saturated rings. The SMILES string of the molecule is CN=C(NCCn1ccnc1)NCc1ccc(C)cc1SC.I. The third-order valence-corrected chi connectivity index (χ3v) is 4.15. The van der Waals surface area contributed by atoms with E-state index in [1.54, 1.807) is 25.0 Å². The maximum atomic E-state index is 4.26. The second-order valence-electron chi connectivity index (χ2n) is 4.97. The van der Waals surface area contributed by atoms with Crippen LogP contribution in [-0.4, -0.2) is 35.4 Å².